The van der Waals surface area contributed by atoms with Gasteiger partial charge >= 0.3 is 0 Å². The topological polar surface area (TPSA) is 43.1 Å². The molecule has 0 aliphatic heterocycles. The van der Waals surface area contributed by atoms with E-state index in [1.807, 2.05) is 6.07 Å². The molecular weight excluding hydrogens is 253 g/mol. The third-order valence-corrected chi connectivity index (χ3v) is 3.66. The van der Waals surface area contributed by atoms with E-state index >= 15 is 0 Å². The highest BCUT2D eigenvalue weighted by Crippen LogP contribution is 2.31. The van der Waals surface area contributed by atoms with Gasteiger partial charge in [0.2, 0.25) is 0 Å². The van der Waals surface area contributed by atoms with E-state index in [4.69, 9.17) is 0 Å². The lowest BCUT2D eigenvalue weighted by molar-refractivity contribution is -0.384. The first kappa shape index (κ1) is 12.6. The van der Waals surface area contributed by atoms with Gasteiger partial charge < -0.3 is 0 Å². The first-order chi connectivity index (χ1) is 8.58. The Kier molecular flexibility index (Phi) is 3.62. The van der Waals surface area contributed by atoms with Gasteiger partial charge in [-0.25, -0.2) is 4.39 Å². The predicted molar refractivity (Wildman–Crippen MR) is 68.4 cm³/mol. The molecule has 0 radical (unpaired) electrons. The zero-order chi connectivity index (χ0) is 13.1. The number of nitro groups is 1. The Morgan fingerprint density at radius 2 is 1.83 bits per heavy atom. The normalized spacial score (nSPS) is 10.3. The molecule has 0 aliphatic rings. The fourth-order valence-corrected chi connectivity index (χ4v) is 2.38. The summed E-state index contributed by atoms with van der Waals surface area (Å²) in [4.78, 5) is 11.7. The second-order valence-corrected chi connectivity index (χ2v) is 4.83. The van der Waals surface area contributed by atoms with E-state index in [9.17, 15) is 14.5 Å². The van der Waals surface area contributed by atoms with Gasteiger partial charge in [-0.1, -0.05) is 17.8 Å². The van der Waals surface area contributed by atoms with E-state index in [0.717, 1.165) is 9.79 Å². The Balaban J connectivity index is 2.24. The number of nitro benzene ring substituents is 1. The summed E-state index contributed by atoms with van der Waals surface area (Å²) in [5.41, 5.74) is 0.635. The summed E-state index contributed by atoms with van der Waals surface area (Å²) in [6, 6.07) is 11.1. The van der Waals surface area contributed by atoms with Crippen LogP contribution < -0.4 is 0 Å². The molecule has 0 aliphatic carbocycles. The quantitative estimate of drug-likeness (QED) is 0.616. The molecule has 2 aromatic carbocycles. The highest BCUT2D eigenvalue weighted by molar-refractivity contribution is 7.99. The van der Waals surface area contributed by atoms with Crippen molar-refractivity contribution in [3.63, 3.8) is 0 Å². The smallest absolute Gasteiger partial charge is 0.258 e. The molecular formula is C13H10FNO2S. The molecule has 0 fully saturated rings. The maximum Gasteiger partial charge on any atom is 0.269 e. The largest absolute Gasteiger partial charge is 0.269 e. The summed E-state index contributed by atoms with van der Waals surface area (Å²) >= 11 is 1.39. The second kappa shape index (κ2) is 5.18. The Morgan fingerprint density at radius 1 is 1.17 bits per heavy atom. The second-order valence-electron chi connectivity index (χ2n) is 3.72. The van der Waals surface area contributed by atoms with Gasteiger partial charge in [-0.2, -0.15) is 0 Å². The molecule has 0 aromatic heterocycles. The van der Waals surface area contributed by atoms with Gasteiger partial charge in [-0.15, -0.1) is 0 Å². The van der Waals surface area contributed by atoms with Gasteiger partial charge in [-0.05, 0) is 36.8 Å². The SMILES string of the molecule is Cc1c(F)cccc1Sc1ccc([N+](=O)[O-])cc1. The van der Waals surface area contributed by atoms with Crippen molar-refractivity contribution < 1.29 is 9.31 Å². The number of hydrogen-bond acceptors (Lipinski definition) is 3. The number of rotatable bonds is 3. The fourth-order valence-electron chi connectivity index (χ4n) is 1.46. The Bertz CT molecular complexity index is 584. The number of benzene rings is 2. The lowest BCUT2D eigenvalue weighted by Crippen LogP contribution is -1.87. The van der Waals surface area contributed by atoms with Crippen molar-refractivity contribution in [3.8, 4) is 0 Å². The number of non-ortho nitro benzene ring substituents is 1. The van der Waals surface area contributed by atoms with Crippen molar-refractivity contribution in [3.05, 3.63) is 64.0 Å². The molecule has 18 heavy (non-hydrogen) atoms. The van der Waals surface area contributed by atoms with Gasteiger partial charge in [-0.3, -0.25) is 10.1 Å². The molecule has 0 atom stereocenters. The predicted octanol–water partition coefficient (Wildman–Crippen LogP) is 4.19. The maximum atomic E-state index is 13.3. The van der Waals surface area contributed by atoms with Crippen molar-refractivity contribution in [1.82, 2.24) is 0 Å². The molecule has 0 spiro atoms. The van der Waals surface area contributed by atoms with Gasteiger partial charge in [0.15, 0.2) is 0 Å². The first-order valence-electron chi connectivity index (χ1n) is 5.25. The van der Waals surface area contributed by atoms with Crippen molar-refractivity contribution in [2.45, 2.75) is 16.7 Å². The Morgan fingerprint density at radius 3 is 2.44 bits per heavy atom. The lowest BCUT2D eigenvalue weighted by Gasteiger charge is -2.05. The minimum Gasteiger partial charge on any atom is -0.258 e. The van der Waals surface area contributed by atoms with E-state index in [1.165, 1.54) is 30.0 Å². The van der Waals surface area contributed by atoms with Crippen LogP contribution in [0.3, 0.4) is 0 Å². The van der Waals surface area contributed by atoms with Crippen LogP contribution in [0.25, 0.3) is 0 Å². The van der Waals surface area contributed by atoms with Crippen LogP contribution in [0.2, 0.25) is 0 Å². The molecule has 0 bridgehead atoms. The van der Waals surface area contributed by atoms with Crippen LogP contribution in [-0.2, 0) is 0 Å². The number of nitrogens with zero attached hydrogens (tertiary/aromatic N) is 1. The molecule has 2 rings (SSSR count). The molecule has 0 saturated heterocycles. The highest BCUT2D eigenvalue weighted by atomic mass is 32.2. The Hall–Kier alpha value is -1.88. The van der Waals surface area contributed by atoms with Crippen molar-refractivity contribution in [1.29, 1.82) is 0 Å². The average Bonchev–Trinajstić information content (AvgIpc) is 2.36. The zero-order valence-electron chi connectivity index (χ0n) is 9.59. The lowest BCUT2D eigenvalue weighted by atomic mass is 10.2. The minimum absolute atomic E-state index is 0.0512. The molecule has 5 heteroatoms. The third kappa shape index (κ3) is 2.68. The average molecular weight is 263 g/mol. The summed E-state index contributed by atoms with van der Waals surface area (Å²) in [5.74, 6) is -0.248. The van der Waals surface area contributed by atoms with Crippen LogP contribution in [0.15, 0.2) is 52.3 Å². The van der Waals surface area contributed by atoms with Gasteiger partial charge in [0, 0.05) is 21.9 Å². The standard InChI is InChI=1S/C13H10FNO2S/c1-9-12(14)3-2-4-13(9)18-11-7-5-10(6-8-11)15(16)17/h2-8H,1H3. The molecule has 3 nitrogen and oxygen atoms in total. The van der Waals surface area contributed by atoms with Crippen LogP contribution >= 0.6 is 11.8 Å². The fraction of sp³-hybridized carbons (Fsp3) is 0.0769. The first-order valence-corrected chi connectivity index (χ1v) is 6.07. The molecule has 0 saturated carbocycles. The highest BCUT2D eigenvalue weighted by Gasteiger charge is 2.07. The molecule has 0 heterocycles. The number of hydrogen-bond donors (Lipinski definition) is 0. The van der Waals surface area contributed by atoms with Crippen molar-refractivity contribution in [2.75, 3.05) is 0 Å². The molecule has 92 valence electrons. The van der Waals surface area contributed by atoms with Crippen LogP contribution in [0.4, 0.5) is 10.1 Å². The summed E-state index contributed by atoms with van der Waals surface area (Å²) < 4.78 is 13.3. The summed E-state index contributed by atoms with van der Waals surface area (Å²) in [6.07, 6.45) is 0. The van der Waals surface area contributed by atoms with Gasteiger partial charge in [0.05, 0.1) is 4.92 Å². The maximum absolute atomic E-state index is 13.3. The van der Waals surface area contributed by atoms with Crippen LogP contribution in [0, 0.1) is 22.9 Å². The molecule has 0 unspecified atom stereocenters. The Labute approximate surface area is 108 Å². The third-order valence-electron chi connectivity index (χ3n) is 2.49. The zero-order valence-corrected chi connectivity index (χ0v) is 10.4. The van der Waals surface area contributed by atoms with Crippen LogP contribution in [0.1, 0.15) is 5.56 Å². The van der Waals surface area contributed by atoms with Gasteiger partial charge in [0.25, 0.3) is 5.69 Å². The van der Waals surface area contributed by atoms with Crippen molar-refractivity contribution >= 4 is 17.4 Å². The van der Waals surface area contributed by atoms with E-state index in [0.29, 0.717) is 5.56 Å². The summed E-state index contributed by atoms with van der Waals surface area (Å²) in [5, 5.41) is 10.5. The van der Waals surface area contributed by atoms with Crippen LogP contribution in [-0.4, -0.2) is 4.92 Å². The van der Waals surface area contributed by atoms with E-state index < -0.39 is 4.92 Å². The van der Waals surface area contributed by atoms with Crippen molar-refractivity contribution in [2.24, 2.45) is 0 Å². The van der Waals surface area contributed by atoms with E-state index in [2.05, 4.69) is 0 Å². The molecule has 0 amide bonds. The van der Waals surface area contributed by atoms with Gasteiger partial charge in [0.1, 0.15) is 5.82 Å². The number of halogens is 1. The van der Waals surface area contributed by atoms with Crippen LogP contribution in [0.5, 0.6) is 0 Å². The monoisotopic (exact) mass is 263 g/mol. The minimum atomic E-state index is -0.443. The molecule has 2 aromatic rings. The van der Waals surface area contributed by atoms with E-state index in [-0.39, 0.29) is 11.5 Å². The molecule has 0 N–H and O–H groups in total. The summed E-state index contributed by atoms with van der Waals surface area (Å²) in [6.45, 7) is 1.71. The van der Waals surface area contributed by atoms with E-state index in [1.54, 1.807) is 25.1 Å². The summed E-state index contributed by atoms with van der Waals surface area (Å²) in [7, 11) is 0.